The van der Waals surface area contributed by atoms with Gasteiger partial charge in [-0.05, 0) is 0 Å². The number of hydrogen-bond acceptors (Lipinski definition) is 16. The second-order valence-corrected chi connectivity index (χ2v) is 9.80. The highest BCUT2D eigenvalue weighted by Gasteiger charge is 2.14. The van der Waals surface area contributed by atoms with Crippen molar-refractivity contribution in [3.05, 3.63) is 0 Å². The molecule has 47 heavy (non-hydrogen) atoms. The van der Waals surface area contributed by atoms with Crippen LogP contribution in [0.1, 0.15) is 0 Å². The third-order valence-electron chi connectivity index (χ3n) is 6.08. The van der Waals surface area contributed by atoms with Crippen LogP contribution in [0.2, 0.25) is 0 Å². The van der Waals surface area contributed by atoms with Gasteiger partial charge in [0.25, 0.3) is 0 Å². The average molecular weight is 693 g/mol. The summed E-state index contributed by atoms with van der Waals surface area (Å²) in [7, 11) is 6.49. The lowest BCUT2D eigenvalue weighted by atomic mass is 10.3. The molecular formula is C31H64O16. The summed E-state index contributed by atoms with van der Waals surface area (Å²) in [4.78, 5) is 0. The van der Waals surface area contributed by atoms with E-state index in [-0.39, 0.29) is 24.9 Å². The molecule has 284 valence electrons. The number of methoxy groups -OCH3 is 4. The van der Waals surface area contributed by atoms with E-state index in [0.29, 0.717) is 152 Å². The molecule has 0 saturated heterocycles. The van der Waals surface area contributed by atoms with Crippen LogP contribution >= 0.6 is 0 Å². The Morgan fingerprint density at radius 1 is 0.298 bits per heavy atom. The van der Waals surface area contributed by atoms with Gasteiger partial charge in [-0.2, -0.15) is 0 Å². The zero-order chi connectivity index (χ0) is 34.3. The fraction of sp³-hybridized carbons (Fsp3) is 1.00. The van der Waals surface area contributed by atoms with Crippen molar-refractivity contribution in [1.82, 2.24) is 0 Å². The molecular weight excluding hydrogens is 628 g/mol. The molecule has 0 aromatic heterocycles. The van der Waals surface area contributed by atoms with Crippen LogP contribution in [-0.2, 0) is 71.1 Å². The molecule has 0 rings (SSSR count). The van der Waals surface area contributed by atoms with E-state index in [2.05, 4.69) is 0 Å². The van der Waals surface area contributed by atoms with Gasteiger partial charge in [0, 0.05) is 28.4 Å². The summed E-state index contributed by atoms with van der Waals surface area (Å²) in [5.74, 6) is 0. The molecule has 0 amide bonds. The van der Waals surface area contributed by atoms with E-state index in [9.17, 15) is 0 Å². The van der Waals surface area contributed by atoms with Gasteiger partial charge in [0.2, 0.25) is 0 Å². The molecule has 0 heterocycles. The van der Waals surface area contributed by atoms with Gasteiger partial charge in [0.15, 0.2) is 0 Å². The predicted molar refractivity (Wildman–Crippen MR) is 170 cm³/mol. The Morgan fingerprint density at radius 3 is 0.787 bits per heavy atom. The zero-order valence-electron chi connectivity index (χ0n) is 29.3. The first kappa shape index (κ1) is 46.4. The Labute approximate surface area is 281 Å². The lowest BCUT2D eigenvalue weighted by Crippen LogP contribution is -2.31. The van der Waals surface area contributed by atoms with E-state index in [1.807, 2.05) is 0 Å². The van der Waals surface area contributed by atoms with E-state index in [4.69, 9.17) is 76.2 Å². The first-order valence-electron chi connectivity index (χ1n) is 16.2. The van der Waals surface area contributed by atoms with Crippen molar-refractivity contribution in [2.45, 2.75) is 18.3 Å². The van der Waals surface area contributed by atoms with Crippen molar-refractivity contribution in [3.8, 4) is 0 Å². The fourth-order valence-corrected chi connectivity index (χ4v) is 3.44. The van der Waals surface area contributed by atoms with Crippen molar-refractivity contribution in [1.29, 1.82) is 0 Å². The monoisotopic (exact) mass is 692 g/mol. The normalized spacial score (nSPS) is 13.7. The molecule has 16 nitrogen and oxygen atoms in total. The van der Waals surface area contributed by atoms with Crippen LogP contribution in [0.4, 0.5) is 0 Å². The van der Waals surface area contributed by atoms with Crippen molar-refractivity contribution in [3.63, 3.8) is 0 Å². The van der Waals surface area contributed by atoms with Gasteiger partial charge in [-0.3, -0.25) is 0 Å². The highest BCUT2D eigenvalue weighted by atomic mass is 16.6. The topological polar surface area (TPSA) is 159 Å². The SMILES string of the molecule is COCC(COCC(COCC(COCCOCCOCCOCCOCCOCCOCCOCCOCCO)OC)OC)OC. The quantitative estimate of drug-likeness (QED) is 0.0843. The molecule has 0 aliphatic heterocycles. The van der Waals surface area contributed by atoms with Gasteiger partial charge in [-0.1, -0.05) is 0 Å². The van der Waals surface area contributed by atoms with Gasteiger partial charge < -0.3 is 76.2 Å². The van der Waals surface area contributed by atoms with Crippen LogP contribution in [0.3, 0.4) is 0 Å². The van der Waals surface area contributed by atoms with E-state index in [1.165, 1.54) is 0 Å². The van der Waals surface area contributed by atoms with Gasteiger partial charge in [-0.15, -0.1) is 0 Å². The van der Waals surface area contributed by atoms with Crippen LogP contribution in [0, 0.1) is 0 Å². The molecule has 1 N–H and O–H groups in total. The fourth-order valence-electron chi connectivity index (χ4n) is 3.44. The van der Waals surface area contributed by atoms with Crippen LogP contribution in [0.5, 0.6) is 0 Å². The summed E-state index contributed by atoms with van der Waals surface area (Å²) >= 11 is 0. The molecule has 0 fully saturated rings. The third kappa shape index (κ3) is 35.0. The second-order valence-electron chi connectivity index (χ2n) is 9.80. The Morgan fingerprint density at radius 2 is 0.532 bits per heavy atom. The van der Waals surface area contributed by atoms with Crippen LogP contribution in [-0.4, -0.2) is 210 Å². The number of aliphatic hydroxyl groups excluding tert-OH is 1. The maximum absolute atomic E-state index is 8.58. The highest BCUT2D eigenvalue weighted by molar-refractivity contribution is 4.60. The molecule has 16 heteroatoms. The predicted octanol–water partition coefficient (Wildman–Crippen LogP) is -0.147. The maximum Gasteiger partial charge on any atom is 0.104 e. The van der Waals surface area contributed by atoms with Crippen LogP contribution in [0.15, 0.2) is 0 Å². The molecule has 0 aromatic carbocycles. The summed E-state index contributed by atoms with van der Waals surface area (Å²) in [6, 6.07) is 0. The van der Waals surface area contributed by atoms with Crippen molar-refractivity contribution in [2.75, 3.05) is 187 Å². The molecule has 3 unspecified atom stereocenters. The molecule has 0 aromatic rings. The van der Waals surface area contributed by atoms with Crippen molar-refractivity contribution in [2.24, 2.45) is 0 Å². The minimum atomic E-state index is -0.202. The van der Waals surface area contributed by atoms with Gasteiger partial charge in [-0.25, -0.2) is 0 Å². The zero-order valence-corrected chi connectivity index (χ0v) is 29.3. The smallest absolute Gasteiger partial charge is 0.104 e. The van der Waals surface area contributed by atoms with E-state index < -0.39 is 0 Å². The molecule has 0 saturated carbocycles. The summed E-state index contributed by atoms with van der Waals surface area (Å²) in [6.45, 7) is 10.5. The maximum atomic E-state index is 8.58. The Bertz CT molecular complexity index is 580. The van der Waals surface area contributed by atoms with E-state index >= 15 is 0 Å². The number of aliphatic hydroxyl groups is 1. The molecule has 0 radical (unpaired) electrons. The molecule has 3 atom stereocenters. The lowest BCUT2D eigenvalue weighted by molar-refractivity contribution is -0.0919. The second kappa shape index (κ2) is 39.8. The minimum absolute atomic E-state index is 0.0214. The first-order valence-corrected chi connectivity index (χ1v) is 16.2. The minimum Gasteiger partial charge on any atom is -0.394 e. The molecule has 0 aliphatic rings. The number of hydrogen-bond donors (Lipinski definition) is 1. The summed E-state index contributed by atoms with van der Waals surface area (Å²) in [5.41, 5.74) is 0. The lowest BCUT2D eigenvalue weighted by Gasteiger charge is -2.20. The van der Waals surface area contributed by atoms with Crippen molar-refractivity contribution >= 4 is 0 Å². The van der Waals surface area contributed by atoms with Gasteiger partial charge in [0.1, 0.15) is 18.3 Å². The van der Waals surface area contributed by atoms with E-state index in [1.54, 1.807) is 28.4 Å². The standard InChI is InChI=1S/C31H64O16/c1-33-23-29(34-2)25-46-27-31(36-4)28-47-26-30(35-3)24-45-22-21-44-20-19-43-18-17-42-16-15-41-14-13-40-12-11-39-10-9-38-8-7-37-6-5-32/h29-32H,5-28H2,1-4H3. The van der Waals surface area contributed by atoms with Crippen LogP contribution in [0.25, 0.3) is 0 Å². The Kier molecular flexibility index (Phi) is 39.3. The largest absolute Gasteiger partial charge is 0.394 e. The average Bonchev–Trinajstić information content (AvgIpc) is 3.09. The van der Waals surface area contributed by atoms with Gasteiger partial charge in [0.05, 0.1) is 159 Å². The van der Waals surface area contributed by atoms with Gasteiger partial charge >= 0.3 is 0 Å². The summed E-state index contributed by atoms with van der Waals surface area (Å²) in [6.07, 6.45) is -0.523. The van der Waals surface area contributed by atoms with Crippen molar-refractivity contribution < 1.29 is 76.2 Å². The third-order valence-corrected chi connectivity index (χ3v) is 6.08. The number of ether oxygens (including phenoxy) is 15. The highest BCUT2D eigenvalue weighted by Crippen LogP contribution is 2.00. The van der Waals surface area contributed by atoms with Crippen LogP contribution < -0.4 is 0 Å². The Hall–Kier alpha value is -0.640. The van der Waals surface area contributed by atoms with E-state index in [0.717, 1.165) is 0 Å². The Balaban J connectivity index is 3.38. The number of rotatable bonds is 41. The summed E-state index contributed by atoms with van der Waals surface area (Å²) < 4.78 is 81.5. The summed E-state index contributed by atoms with van der Waals surface area (Å²) in [5, 5.41) is 8.58. The molecule has 0 spiro atoms. The first-order chi connectivity index (χ1) is 23.2. The molecule has 0 bridgehead atoms. The molecule has 0 aliphatic carbocycles.